The predicted molar refractivity (Wildman–Crippen MR) is 114 cm³/mol. The smallest absolute Gasteiger partial charge is 0.250 e. The lowest BCUT2D eigenvalue weighted by atomic mass is 10.1. The number of benzene rings is 2. The average molecular weight is 387 g/mol. The third-order valence-corrected chi connectivity index (χ3v) is 4.69. The van der Waals surface area contributed by atoms with Crippen molar-refractivity contribution in [2.75, 3.05) is 11.9 Å². The number of fused-ring (bicyclic) bond motifs is 1. The van der Waals surface area contributed by atoms with Crippen molar-refractivity contribution >= 4 is 22.5 Å². The second-order valence-corrected chi connectivity index (χ2v) is 6.84. The van der Waals surface area contributed by atoms with Crippen LogP contribution in [-0.2, 0) is 11.3 Å². The van der Waals surface area contributed by atoms with Crippen molar-refractivity contribution < 1.29 is 4.79 Å². The van der Waals surface area contributed by atoms with Crippen molar-refractivity contribution in [3.05, 3.63) is 82.9 Å². The van der Waals surface area contributed by atoms with Gasteiger partial charge >= 0.3 is 0 Å². The standard InChI is InChI=1S/C22H21N5O2/c23-9-8-21(28)25-19-3-1-2-15(10-19)13-27-14-18(6-7-22(27)29)16-4-5-17-12-24-26-20(17)11-16/h1-7,10-12,14H,8-9,13,23H2,(H,24,26)(H,25,28). The van der Waals surface area contributed by atoms with Crippen molar-refractivity contribution in [2.24, 2.45) is 5.73 Å². The van der Waals surface area contributed by atoms with Gasteiger partial charge in [-0.15, -0.1) is 0 Å². The van der Waals surface area contributed by atoms with E-state index < -0.39 is 0 Å². The molecule has 0 spiro atoms. The van der Waals surface area contributed by atoms with Crippen molar-refractivity contribution in [2.45, 2.75) is 13.0 Å². The summed E-state index contributed by atoms with van der Waals surface area (Å²) in [6.45, 7) is 0.706. The molecular formula is C22H21N5O2. The molecule has 0 fully saturated rings. The van der Waals surface area contributed by atoms with Gasteiger partial charge in [-0.2, -0.15) is 5.10 Å². The van der Waals surface area contributed by atoms with E-state index in [0.29, 0.717) is 18.8 Å². The zero-order valence-corrected chi connectivity index (χ0v) is 15.8. The van der Waals surface area contributed by atoms with Gasteiger partial charge in [0.15, 0.2) is 0 Å². The van der Waals surface area contributed by atoms with Gasteiger partial charge in [0.05, 0.1) is 18.3 Å². The number of carbonyl (C=O) groups excluding carboxylic acids is 1. The van der Waals surface area contributed by atoms with Gasteiger partial charge in [0.25, 0.3) is 5.56 Å². The van der Waals surface area contributed by atoms with Gasteiger partial charge in [-0.1, -0.05) is 24.3 Å². The van der Waals surface area contributed by atoms with E-state index in [1.807, 2.05) is 54.7 Å². The number of aromatic amines is 1. The molecule has 7 heteroatoms. The molecule has 0 atom stereocenters. The number of aromatic nitrogens is 3. The van der Waals surface area contributed by atoms with Gasteiger partial charge in [0.1, 0.15) is 0 Å². The molecule has 0 saturated carbocycles. The molecule has 4 N–H and O–H groups in total. The van der Waals surface area contributed by atoms with Crippen LogP contribution in [0.15, 0.2) is 71.8 Å². The Morgan fingerprint density at radius 3 is 2.83 bits per heavy atom. The Kier molecular flexibility index (Phi) is 5.22. The summed E-state index contributed by atoms with van der Waals surface area (Å²) in [5.41, 5.74) is 9.81. The molecule has 29 heavy (non-hydrogen) atoms. The van der Waals surface area contributed by atoms with Crippen LogP contribution in [0.2, 0.25) is 0 Å². The van der Waals surface area contributed by atoms with E-state index in [1.165, 1.54) is 0 Å². The summed E-state index contributed by atoms with van der Waals surface area (Å²) in [5, 5.41) is 10.9. The third kappa shape index (κ3) is 4.25. The van der Waals surface area contributed by atoms with E-state index in [2.05, 4.69) is 15.5 Å². The molecule has 2 aromatic carbocycles. The molecule has 0 aliphatic carbocycles. The van der Waals surface area contributed by atoms with E-state index >= 15 is 0 Å². The number of H-pyrrole nitrogens is 1. The molecule has 7 nitrogen and oxygen atoms in total. The van der Waals surface area contributed by atoms with E-state index in [0.717, 1.165) is 27.6 Å². The first-order valence-electron chi connectivity index (χ1n) is 9.35. The molecule has 1 amide bonds. The minimum atomic E-state index is -0.127. The monoisotopic (exact) mass is 387 g/mol. The first kappa shape index (κ1) is 18.6. The molecule has 4 aromatic rings. The SMILES string of the molecule is NCCC(=O)Nc1cccc(Cn2cc(-c3ccc4cn[nH]c4c3)ccc2=O)c1. The summed E-state index contributed by atoms with van der Waals surface area (Å²) >= 11 is 0. The van der Waals surface area contributed by atoms with Crippen LogP contribution in [0, 0.1) is 0 Å². The Bertz CT molecular complexity index is 1230. The van der Waals surface area contributed by atoms with E-state index in [4.69, 9.17) is 5.73 Å². The molecular weight excluding hydrogens is 366 g/mol. The van der Waals surface area contributed by atoms with Crippen LogP contribution < -0.4 is 16.6 Å². The van der Waals surface area contributed by atoms with Crippen molar-refractivity contribution in [1.29, 1.82) is 0 Å². The zero-order valence-electron chi connectivity index (χ0n) is 15.8. The number of nitrogens with two attached hydrogens (primary N) is 1. The first-order chi connectivity index (χ1) is 14.1. The number of nitrogens with zero attached hydrogens (tertiary/aromatic N) is 2. The van der Waals surface area contributed by atoms with Gasteiger partial charge < -0.3 is 15.6 Å². The minimum Gasteiger partial charge on any atom is -0.330 e. The lowest BCUT2D eigenvalue weighted by molar-refractivity contribution is -0.116. The Balaban J connectivity index is 1.60. The first-order valence-corrected chi connectivity index (χ1v) is 9.35. The summed E-state index contributed by atoms with van der Waals surface area (Å²) in [5.74, 6) is -0.127. The van der Waals surface area contributed by atoms with Crippen LogP contribution in [-0.4, -0.2) is 27.2 Å². The fraction of sp³-hybridized carbons (Fsp3) is 0.136. The average Bonchev–Trinajstić information content (AvgIpc) is 3.18. The zero-order chi connectivity index (χ0) is 20.2. The molecule has 0 aliphatic rings. The molecule has 0 aliphatic heterocycles. The second kappa shape index (κ2) is 8.12. The highest BCUT2D eigenvalue weighted by atomic mass is 16.1. The number of hydrogen-bond donors (Lipinski definition) is 3. The maximum atomic E-state index is 12.4. The number of hydrogen-bond acceptors (Lipinski definition) is 4. The normalized spacial score (nSPS) is 10.9. The molecule has 0 unspecified atom stereocenters. The van der Waals surface area contributed by atoms with E-state index in [9.17, 15) is 9.59 Å². The van der Waals surface area contributed by atoms with Crippen molar-refractivity contribution in [3.8, 4) is 11.1 Å². The molecule has 0 radical (unpaired) electrons. The number of nitrogens with one attached hydrogen (secondary N) is 2. The number of pyridine rings is 1. The van der Waals surface area contributed by atoms with Gasteiger partial charge in [-0.25, -0.2) is 0 Å². The topological polar surface area (TPSA) is 106 Å². The highest BCUT2D eigenvalue weighted by Crippen LogP contribution is 2.22. The number of anilines is 1. The van der Waals surface area contributed by atoms with Gasteiger partial charge in [-0.3, -0.25) is 14.7 Å². The van der Waals surface area contributed by atoms with Gasteiger partial charge in [0, 0.05) is 36.3 Å². The van der Waals surface area contributed by atoms with Crippen LogP contribution in [0.1, 0.15) is 12.0 Å². The maximum absolute atomic E-state index is 12.4. The Morgan fingerprint density at radius 2 is 1.97 bits per heavy atom. The van der Waals surface area contributed by atoms with Crippen LogP contribution in [0.5, 0.6) is 0 Å². The van der Waals surface area contributed by atoms with Crippen LogP contribution in [0.25, 0.3) is 22.0 Å². The second-order valence-electron chi connectivity index (χ2n) is 6.84. The third-order valence-electron chi connectivity index (χ3n) is 4.69. The lowest BCUT2D eigenvalue weighted by Crippen LogP contribution is -2.19. The number of rotatable bonds is 6. The van der Waals surface area contributed by atoms with Crippen molar-refractivity contribution in [1.82, 2.24) is 14.8 Å². The van der Waals surface area contributed by atoms with Crippen LogP contribution in [0.3, 0.4) is 0 Å². The fourth-order valence-electron chi connectivity index (χ4n) is 3.24. The summed E-state index contributed by atoms with van der Waals surface area (Å²) in [7, 11) is 0. The molecule has 4 rings (SSSR count). The van der Waals surface area contributed by atoms with E-state index in [-0.39, 0.29) is 17.9 Å². The van der Waals surface area contributed by atoms with Gasteiger partial charge in [-0.05, 0) is 41.0 Å². The van der Waals surface area contributed by atoms with E-state index in [1.54, 1.807) is 16.8 Å². The fourth-order valence-corrected chi connectivity index (χ4v) is 3.24. The summed E-state index contributed by atoms with van der Waals surface area (Å²) in [6, 6.07) is 16.9. The summed E-state index contributed by atoms with van der Waals surface area (Å²) in [6.07, 6.45) is 3.89. The predicted octanol–water partition coefficient (Wildman–Crippen LogP) is 2.73. The minimum absolute atomic E-state index is 0.0889. The van der Waals surface area contributed by atoms with Crippen LogP contribution >= 0.6 is 0 Å². The molecule has 2 aromatic heterocycles. The molecule has 2 heterocycles. The Hall–Kier alpha value is -3.71. The maximum Gasteiger partial charge on any atom is 0.250 e. The van der Waals surface area contributed by atoms with Crippen molar-refractivity contribution in [3.63, 3.8) is 0 Å². The quantitative estimate of drug-likeness (QED) is 0.473. The largest absolute Gasteiger partial charge is 0.330 e. The Morgan fingerprint density at radius 1 is 1.10 bits per heavy atom. The van der Waals surface area contributed by atoms with Crippen LogP contribution in [0.4, 0.5) is 5.69 Å². The summed E-state index contributed by atoms with van der Waals surface area (Å²) in [4.78, 5) is 24.1. The highest BCUT2D eigenvalue weighted by Gasteiger charge is 2.06. The van der Waals surface area contributed by atoms with Gasteiger partial charge in [0.2, 0.25) is 5.91 Å². The highest BCUT2D eigenvalue weighted by molar-refractivity contribution is 5.90. The summed E-state index contributed by atoms with van der Waals surface area (Å²) < 4.78 is 1.66. The molecule has 0 saturated heterocycles. The molecule has 0 bridgehead atoms. The Labute approximate surface area is 167 Å². The number of amides is 1. The number of carbonyl (C=O) groups is 1. The lowest BCUT2D eigenvalue weighted by Gasteiger charge is -2.11. The molecule has 146 valence electrons.